The monoisotopic (exact) mass is 412 g/mol. The molecule has 0 atom stereocenters. The maximum Gasteiger partial charge on any atom is 0.344 e. The molecule has 1 amide bonds. The third-order valence-electron chi connectivity index (χ3n) is 4.82. The standard InChI is InChI=1S/C22H24N2O6/c1-28-19-8-6-18(7-9-19)23-10-12-24(13-11-23)21(26)15-30-22(27)16-29-20-5-3-2-4-17(20)14-25/h2-9,14H,10-13,15-16H2,1H3. The maximum atomic E-state index is 12.3. The van der Waals surface area contributed by atoms with E-state index in [1.54, 1.807) is 36.3 Å². The molecule has 2 aromatic carbocycles. The van der Waals surface area contributed by atoms with Crippen LogP contribution in [0.1, 0.15) is 10.4 Å². The van der Waals surface area contributed by atoms with Crippen molar-refractivity contribution in [3.05, 3.63) is 54.1 Å². The van der Waals surface area contributed by atoms with Crippen LogP contribution in [0.15, 0.2) is 48.5 Å². The van der Waals surface area contributed by atoms with E-state index in [-0.39, 0.29) is 19.1 Å². The average Bonchev–Trinajstić information content (AvgIpc) is 2.81. The molecule has 0 bridgehead atoms. The summed E-state index contributed by atoms with van der Waals surface area (Å²) in [6.07, 6.45) is 0.649. The van der Waals surface area contributed by atoms with Crippen LogP contribution in [0.25, 0.3) is 0 Å². The number of hydrogen-bond donors (Lipinski definition) is 0. The predicted octanol–water partition coefficient (Wildman–Crippen LogP) is 1.78. The fourth-order valence-electron chi connectivity index (χ4n) is 3.13. The van der Waals surface area contributed by atoms with Gasteiger partial charge in [-0.25, -0.2) is 4.79 Å². The van der Waals surface area contributed by atoms with Gasteiger partial charge in [0.05, 0.1) is 12.7 Å². The zero-order chi connectivity index (χ0) is 21.3. The molecule has 8 nitrogen and oxygen atoms in total. The Hall–Kier alpha value is -3.55. The van der Waals surface area contributed by atoms with Crippen molar-refractivity contribution in [2.45, 2.75) is 0 Å². The lowest BCUT2D eigenvalue weighted by Gasteiger charge is -2.36. The quantitative estimate of drug-likeness (QED) is 0.483. The fraction of sp³-hybridized carbons (Fsp3) is 0.318. The highest BCUT2D eigenvalue weighted by Crippen LogP contribution is 2.20. The fourth-order valence-corrected chi connectivity index (χ4v) is 3.13. The lowest BCUT2D eigenvalue weighted by molar-refractivity contribution is -0.153. The number of nitrogens with zero attached hydrogens (tertiary/aromatic N) is 2. The summed E-state index contributed by atoms with van der Waals surface area (Å²) in [6, 6.07) is 14.4. The first-order valence-electron chi connectivity index (χ1n) is 9.60. The minimum absolute atomic E-state index is 0.244. The number of anilines is 1. The van der Waals surface area contributed by atoms with Gasteiger partial charge in [-0.3, -0.25) is 9.59 Å². The number of methoxy groups -OCH3 is 1. The molecule has 0 saturated carbocycles. The Morgan fingerprint density at radius 2 is 1.67 bits per heavy atom. The highest BCUT2D eigenvalue weighted by molar-refractivity contribution is 5.82. The Morgan fingerprint density at radius 3 is 2.33 bits per heavy atom. The summed E-state index contributed by atoms with van der Waals surface area (Å²) in [5, 5.41) is 0. The second-order valence-electron chi connectivity index (χ2n) is 6.67. The number of para-hydroxylation sites is 1. The third kappa shape index (κ3) is 5.50. The largest absolute Gasteiger partial charge is 0.497 e. The van der Waals surface area contributed by atoms with E-state index < -0.39 is 5.97 Å². The van der Waals surface area contributed by atoms with Crippen molar-refractivity contribution in [1.82, 2.24) is 4.90 Å². The summed E-state index contributed by atoms with van der Waals surface area (Å²) < 4.78 is 15.5. The van der Waals surface area contributed by atoms with Gasteiger partial charge in [0.25, 0.3) is 5.91 Å². The van der Waals surface area contributed by atoms with Crippen molar-refractivity contribution >= 4 is 23.9 Å². The number of piperazine rings is 1. The van der Waals surface area contributed by atoms with E-state index in [2.05, 4.69) is 4.90 Å². The topological polar surface area (TPSA) is 85.4 Å². The van der Waals surface area contributed by atoms with Crippen LogP contribution < -0.4 is 14.4 Å². The zero-order valence-electron chi connectivity index (χ0n) is 16.8. The highest BCUT2D eigenvalue weighted by atomic mass is 16.6. The normalized spacial score (nSPS) is 13.5. The van der Waals surface area contributed by atoms with E-state index in [0.29, 0.717) is 43.8 Å². The molecular formula is C22H24N2O6. The molecule has 1 aliphatic rings. The summed E-state index contributed by atoms with van der Waals surface area (Å²) in [4.78, 5) is 39.0. The summed E-state index contributed by atoms with van der Waals surface area (Å²) in [7, 11) is 1.63. The molecular weight excluding hydrogens is 388 g/mol. The molecule has 1 fully saturated rings. The number of esters is 1. The molecule has 0 unspecified atom stereocenters. The van der Waals surface area contributed by atoms with Crippen molar-refractivity contribution in [3.63, 3.8) is 0 Å². The smallest absolute Gasteiger partial charge is 0.344 e. The Labute approximate surface area is 174 Å². The maximum absolute atomic E-state index is 12.3. The predicted molar refractivity (Wildman–Crippen MR) is 110 cm³/mol. The van der Waals surface area contributed by atoms with E-state index in [1.807, 2.05) is 24.3 Å². The molecule has 158 valence electrons. The van der Waals surface area contributed by atoms with Crippen molar-refractivity contribution in [3.8, 4) is 11.5 Å². The number of aldehydes is 1. The van der Waals surface area contributed by atoms with Crippen molar-refractivity contribution in [2.24, 2.45) is 0 Å². The summed E-state index contributed by atoms with van der Waals surface area (Å²) in [6.45, 7) is 1.77. The second-order valence-corrected chi connectivity index (χ2v) is 6.67. The summed E-state index contributed by atoms with van der Waals surface area (Å²) >= 11 is 0. The van der Waals surface area contributed by atoms with Gasteiger partial charge < -0.3 is 24.0 Å². The van der Waals surface area contributed by atoms with Crippen LogP contribution in [0.3, 0.4) is 0 Å². The van der Waals surface area contributed by atoms with Crippen molar-refractivity contribution < 1.29 is 28.6 Å². The number of ether oxygens (including phenoxy) is 3. The number of carbonyl (C=O) groups is 3. The second kappa shape index (κ2) is 10.3. The minimum Gasteiger partial charge on any atom is -0.497 e. The van der Waals surface area contributed by atoms with E-state index in [1.165, 1.54) is 0 Å². The van der Waals surface area contributed by atoms with Gasteiger partial charge in [0.1, 0.15) is 11.5 Å². The van der Waals surface area contributed by atoms with E-state index in [0.717, 1.165) is 11.4 Å². The number of amides is 1. The molecule has 0 spiro atoms. The lowest BCUT2D eigenvalue weighted by atomic mass is 10.2. The number of carbonyl (C=O) groups excluding carboxylic acids is 3. The molecule has 0 N–H and O–H groups in total. The summed E-state index contributed by atoms with van der Waals surface area (Å²) in [5.74, 6) is 0.186. The van der Waals surface area contributed by atoms with E-state index in [9.17, 15) is 14.4 Å². The van der Waals surface area contributed by atoms with E-state index >= 15 is 0 Å². The summed E-state index contributed by atoms with van der Waals surface area (Å²) in [5.41, 5.74) is 1.41. The van der Waals surface area contributed by atoms with Crippen LogP contribution in [-0.4, -0.2) is 69.6 Å². The molecule has 30 heavy (non-hydrogen) atoms. The molecule has 1 saturated heterocycles. The van der Waals surface area contributed by atoms with Gasteiger partial charge >= 0.3 is 5.97 Å². The van der Waals surface area contributed by atoms with Gasteiger partial charge in [0.15, 0.2) is 19.5 Å². The Morgan fingerprint density at radius 1 is 0.967 bits per heavy atom. The number of hydrogen-bond acceptors (Lipinski definition) is 7. The molecule has 1 heterocycles. The first kappa shape index (κ1) is 21.2. The van der Waals surface area contributed by atoms with Crippen LogP contribution in [-0.2, 0) is 14.3 Å². The number of rotatable bonds is 8. The van der Waals surface area contributed by atoms with Crippen LogP contribution in [0.2, 0.25) is 0 Å². The van der Waals surface area contributed by atoms with Crippen LogP contribution >= 0.6 is 0 Å². The molecule has 0 aromatic heterocycles. The van der Waals surface area contributed by atoms with Gasteiger partial charge in [0, 0.05) is 31.9 Å². The molecule has 2 aromatic rings. The molecule has 0 radical (unpaired) electrons. The first-order valence-corrected chi connectivity index (χ1v) is 9.60. The van der Waals surface area contributed by atoms with Gasteiger partial charge in [-0.1, -0.05) is 12.1 Å². The average molecular weight is 412 g/mol. The van der Waals surface area contributed by atoms with Gasteiger partial charge in [0.2, 0.25) is 0 Å². The van der Waals surface area contributed by atoms with Crippen LogP contribution in [0.4, 0.5) is 5.69 Å². The Bertz CT molecular complexity index is 875. The lowest BCUT2D eigenvalue weighted by Crippen LogP contribution is -2.50. The molecule has 1 aliphatic heterocycles. The van der Waals surface area contributed by atoms with Crippen molar-refractivity contribution in [2.75, 3.05) is 51.4 Å². The van der Waals surface area contributed by atoms with Crippen LogP contribution in [0, 0.1) is 0 Å². The molecule has 3 rings (SSSR count). The van der Waals surface area contributed by atoms with Crippen LogP contribution in [0.5, 0.6) is 11.5 Å². The van der Waals surface area contributed by atoms with E-state index in [4.69, 9.17) is 14.2 Å². The highest BCUT2D eigenvalue weighted by Gasteiger charge is 2.22. The minimum atomic E-state index is -0.666. The molecule has 0 aliphatic carbocycles. The van der Waals surface area contributed by atoms with Gasteiger partial charge in [-0.05, 0) is 36.4 Å². The van der Waals surface area contributed by atoms with Gasteiger partial charge in [-0.15, -0.1) is 0 Å². The Kier molecular flexibility index (Phi) is 7.26. The Balaban J connectivity index is 1.40. The van der Waals surface area contributed by atoms with Gasteiger partial charge in [-0.2, -0.15) is 0 Å². The first-order chi connectivity index (χ1) is 14.6. The number of benzene rings is 2. The zero-order valence-corrected chi connectivity index (χ0v) is 16.8. The third-order valence-corrected chi connectivity index (χ3v) is 4.82. The van der Waals surface area contributed by atoms with Crippen molar-refractivity contribution in [1.29, 1.82) is 0 Å². The SMILES string of the molecule is COc1ccc(N2CCN(C(=O)COC(=O)COc3ccccc3C=O)CC2)cc1. The molecule has 8 heteroatoms.